The predicted octanol–water partition coefficient (Wildman–Crippen LogP) is 3.28. The summed E-state index contributed by atoms with van der Waals surface area (Å²) in [6, 6.07) is 21.1. The van der Waals surface area contributed by atoms with Crippen molar-refractivity contribution in [2.24, 2.45) is 0 Å². The minimum Gasteiger partial charge on any atom is -0.288 e. The van der Waals surface area contributed by atoms with E-state index in [2.05, 4.69) is 5.10 Å². The van der Waals surface area contributed by atoms with Gasteiger partial charge in [-0.05, 0) is 44.2 Å². The summed E-state index contributed by atoms with van der Waals surface area (Å²) in [6.45, 7) is 3.86. The highest BCUT2D eigenvalue weighted by Crippen LogP contribution is 2.45. The summed E-state index contributed by atoms with van der Waals surface area (Å²) in [7, 11) is -2.99. The smallest absolute Gasteiger partial charge is 0.248 e. The first-order valence-corrected chi connectivity index (χ1v) is 8.54. The number of aromatic nitrogens is 2. The highest BCUT2D eigenvalue weighted by atomic mass is 31.2. The van der Waals surface area contributed by atoms with Crippen molar-refractivity contribution in [3.63, 3.8) is 0 Å². The molecule has 3 aromatic rings. The monoisotopic (exact) mass is 296 g/mol. The first kappa shape index (κ1) is 13.8. The zero-order valence-electron chi connectivity index (χ0n) is 12.1. The highest BCUT2D eigenvalue weighted by molar-refractivity contribution is 7.77. The van der Waals surface area contributed by atoms with E-state index in [1.807, 2.05) is 80.6 Å². The number of benzene rings is 2. The molecule has 1 aromatic heterocycles. The van der Waals surface area contributed by atoms with Crippen LogP contribution in [0.1, 0.15) is 11.4 Å². The third-order valence-electron chi connectivity index (χ3n) is 3.46. The Morgan fingerprint density at radius 1 is 0.857 bits per heavy atom. The first-order valence-electron chi connectivity index (χ1n) is 6.88. The lowest BCUT2D eigenvalue weighted by Gasteiger charge is -2.21. The predicted molar refractivity (Wildman–Crippen MR) is 86.9 cm³/mol. The standard InChI is InChI=1S/C17H17N2OP/c1-14-13-15(2)19(18-14)21(20,16-9-5-3-6-10-16)17-11-7-4-8-12-17/h3-13H,1-2H3. The van der Waals surface area contributed by atoms with Gasteiger partial charge in [0.05, 0.1) is 5.69 Å². The Morgan fingerprint density at radius 2 is 1.33 bits per heavy atom. The van der Waals surface area contributed by atoms with Crippen LogP contribution in [0.5, 0.6) is 0 Å². The molecule has 0 aliphatic rings. The van der Waals surface area contributed by atoms with Crippen LogP contribution >= 0.6 is 7.29 Å². The van der Waals surface area contributed by atoms with Crippen molar-refractivity contribution in [2.45, 2.75) is 13.8 Å². The van der Waals surface area contributed by atoms with Gasteiger partial charge in [0, 0.05) is 16.3 Å². The quantitative estimate of drug-likeness (QED) is 0.695. The Bertz CT molecular complexity index is 751. The van der Waals surface area contributed by atoms with Gasteiger partial charge in [0.25, 0.3) is 0 Å². The summed E-state index contributed by atoms with van der Waals surface area (Å²) in [5.74, 6) is 0. The molecule has 3 rings (SSSR count). The minimum atomic E-state index is -2.99. The molecule has 0 saturated heterocycles. The fourth-order valence-corrected chi connectivity index (χ4v) is 5.19. The Hall–Kier alpha value is -2.12. The molecular formula is C17H17N2OP. The Labute approximate surface area is 124 Å². The summed E-state index contributed by atoms with van der Waals surface area (Å²) in [5, 5.41) is 6.08. The lowest BCUT2D eigenvalue weighted by molar-refractivity contribution is 0.575. The van der Waals surface area contributed by atoms with E-state index >= 15 is 0 Å². The summed E-state index contributed by atoms with van der Waals surface area (Å²) in [4.78, 5) is 0. The average molecular weight is 296 g/mol. The highest BCUT2D eigenvalue weighted by Gasteiger charge is 2.31. The molecule has 4 heteroatoms. The second-order valence-corrected chi connectivity index (χ2v) is 7.63. The third-order valence-corrected chi connectivity index (χ3v) is 6.40. The Morgan fingerprint density at radius 3 is 1.71 bits per heavy atom. The number of rotatable bonds is 3. The first-order chi connectivity index (χ1) is 10.1. The van der Waals surface area contributed by atoms with Crippen LogP contribution < -0.4 is 10.6 Å². The maximum absolute atomic E-state index is 14.0. The van der Waals surface area contributed by atoms with Crippen LogP contribution in [-0.4, -0.2) is 9.55 Å². The van der Waals surface area contributed by atoms with Crippen LogP contribution in [0.15, 0.2) is 66.7 Å². The fourth-order valence-electron chi connectivity index (χ4n) is 2.53. The normalized spacial score (nSPS) is 11.5. The second-order valence-electron chi connectivity index (χ2n) is 5.06. The van der Waals surface area contributed by atoms with Crippen molar-refractivity contribution in [1.29, 1.82) is 0 Å². The molecule has 0 saturated carbocycles. The van der Waals surface area contributed by atoms with E-state index in [9.17, 15) is 4.57 Å². The minimum absolute atomic E-state index is 0.794. The van der Waals surface area contributed by atoms with E-state index in [0.717, 1.165) is 22.0 Å². The van der Waals surface area contributed by atoms with Crippen molar-refractivity contribution >= 4 is 17.9 Å². The molecule has 0 bridgehead atoms. The van der Waals surface area contributed by atoms with Gasteiger partial charge in [0.1, 0.15) is 0 Å². The van der Waals surface area contributed by atoms with Crippen LogP contribution in [0.25, 0.3) is 0 Å². The lowest BCUT2D eigenvalue weighted by Crippen LogP contribution is -2.23. The van der Waals surface area contributed by atoms with E-state index in [0.29, 0.717) is 0 Å². The number of hydrogen-bond acceptors (Lipinski definition) is 2. The molecule has 106 valence electrons. The van der Waals surface area contributed by atoms with Gasteiger partial charge in [-0.25, -0.2) is 4.45 Å². The van der Waals surface area contributed by atoms with Gasteiger partial charge in [0.15, 0.2) is 0 Å². The van der Waals surface area contributed by atoms with Crippen molar-refractivity contribution < 1.29 is 4.57 Å². The molecule has 0 N–H and O–H groups in total. The molecular weight excluding hydrogens is 279 g/mol. The van der Waals surface area contributed by atoms with Crippen LogP contribution in [0, 0.1) is 13.8 Å². The fraction of sp³-hybridized carbons (Fsp3) is 0.118. The van der Waals surface area contributed by atoms with Crippen LogP contribution in [-0.2, 0) is 4.57 Å². The molecule has 0 aliphatic carbocycles. The van der Waals surface area contributed by atoms with Gasteiger partial charge in [-0.2, -0.15) is 5.10 Å². The topological polar surface area (TPSA) is 34.9 Å². The van der Waals surface area contributed by atoms with E-state index < -0.39 is 7.29 Å². The lowest BCUT2D eigenvalue weighted by atomic mass is 10.4. The Balaban J connectivity index is 2.31. The number of aryl methyl sites for hydroxylation is 2. The maximum atomic E-state index is 14.0. The molecule has 21 heavy (non-hydrogen) atoms. The van der Waals surface area contributed by atoms with Crippen molar-refractivity contribution in [1.82, 2.24) is 9.55 Å². The van der Waals surface area contributed by atoms with E-state index in [-0.39, 0.29) is 0 Å². The van der Waals surface area contributed by atoms with Crippen molar-refractivity contribution in [3.8, 4) is 0 Å². The maximum Gasteiger partial charge on any atom is 0.248 e. The summed E-state index contributed by atoms with van der Waals surface area (Å²) in [5.41, 5.74) is 1.78. The zero-order valence-corrected chi connectivity index (χ0v) is 13.0. The summed E-state index contributed by atoms with van der Waals surface area (Å²) >= 11 is 0. The molecule has 0 unspecified atom stereocenters. The second kappa shape index (κ2) is 5.34. The third kappa shape index (κ3) is 2.34. The van der Waals surface area contributed by atoms with Gasteiger partial charge in [-0.15, -0.1) is 0 Å². The van der Waals surface area contributed by atoms with E-state index in [1.54, 1.807) is 4.45 Å². The molecule has 0 radical (unpaired) electrons. The molecule has 0 spiro atoms. The SMILES string of the molecule is Cc1cc(C)n(P(=O)(c2ccccc2)c2ccccc2)n1. The van der Waals surface area contributed by atoms with Gasteiger partial charge < -0.3 is 0 Å². The van der Waals surface area contributed by atoms with Gasteiger partial charge in [0.2, 0.25) is 7.29 Å². The van der Waals surface area contributed by atoms with Crippen molar-refractivity contribution in [2.75, 3.05) is 0 Å². The molecule has 0 atom stereocenters. The Kier molecular flexibility index (Phi) is 3.52. The van der Waals surface area contributed by atoms with E-state index in [1.165, 1.54) is 0 Å². The van der Waals surface area contributed by atoms with Crippen molar-refractivity contribution in [3.05, 3.63) is 78.1 Å². The number of hydrogen-bond donors (Lipinski definition) is 0. The molecule has 3 nitrogen and oxygen atoms in total. The summed E-state index contributed by atoms with van der Waals surface area (Å²) in [6.07, 6.45) is 0. The number of nitrogens with zero attached hydrogens (tertiary/aromatic N) is 2. The van der Waals surface area contributed by atoms with Gasteiger partial charge in [-0.1, -0.05) is 36.4 Å². The molecule has 2 aromatic carbocycles. The molecule has 1 heterocycles. The largest absolute Gasteiger partial charge is 0.288 e. The molecule has 0 aliphatic heterocycles. The average Bonchev–Trinajstić information content (AvgIpc) is 2.87. The van der Waals surface area contributed by atoms with Crippen LogP contribution in [0.2, 0.25) is 0 Å². The molecule has 0 fully saturated rings. The van der Waals surface area contributed by atoms with Gasteiger partial charge in [-0.3, -0.25) is 4.57 Å². The van der Waals surface area contributed by atoms with Crippen LogP contribution in [0.4, 0.5) is 0 Å². The zero-order chi connectivity index (χ0) is 14.9. The van der Waals surface area contributed by atoms with Gasteiger partial charge >= 0.3 is 0 Å². The summed E-state index contributed by atoms with van der Waals surface area (Å²) < 4.78 is 15.6. The molecule has 0 amide bonds. The van der Waals surface area contributed by atoms with E-state index in [4.69, 9.17) is 0 Å². The van der Waals surface area contributed by atoms with Crippen LogP contribution in [0.3, 0.4) is 0 Å².